The lowest BCUT2D eigenvalue weighted by atomic mass is 10.1. The van der Waals surface area contributed by atoms with Crippen molar-refractivity contribution in [3.05, 3.63) is 122 Å². The molecule has 0 saturated carbocycles. The van der Waals surface area contributed by atoms with Crippen LogP contribution in [0.3, 0.4) is 0 Å². The molecule has 0 rings (SSSR count). The van der Waals surface area contributed by atoms with Crippen molar-refractivity contribution in [1.82, 2.24) is 0 Å². The molecule has 71 heavy (non-hydrogen) atoms. The number of allylic oxidation sites excluding steroid dienone is 20. The van der Waals surface area contributed by atoms with Gasteiger partial charge in [0, 0.05) is 19.3 Å². The van der Waals surface area contributed by atoms with Gasteiger partial charge < -0.3 is 14.2 Å². The fourth-order valence-corrected chi connectivity index (χ4v) is 7.67. The van der Waals surface area contributed by atoms with Crippen LogP contribution >= 0.6 is 0 Å². The molecule has 6 nitrogen and oxygen atoms in total. The van der Waals surface area contributed by atoms with E-state index in [4.69, 9.17) is 14.2 Å². The minimum Gasteiger partial charge on any atom is -0.462 e. The first-order valence-electron chi connectivity index (χ1n) is 29.0. The van der Waals surface area contributed by atoms with Gasteiger partial charge >= 0.3 is 17.9 Å². The zero-order valence-corrected chi connectivity index (χ0v) is 45.9. The summed E-state index contributed by atoms with van der Waals surface area (Å²) in [6, 6.07) is 0. The minimum absolute atomic E-state index is 0.0981. The lowest BCUT2D eigenvalue weighted by Gasteiger charge is -2.18. The van der Waals surface area contributed by atoms with E-state index >= 15 is 0 Å². The summed E-state index contributed by atoms with van der Waals surface area (Å²) in [5.41, 5.74) is 0. The highest BCUT2D eigenvalue weighted by Crippen LogP contribution is 2.15. The van der Waals surface area contributed by atoms with E-state index in [1.165, 1.54) is 89.9 Å². The van der Waals surface area contributed by atoms with E-state index < -0.39 is 6.10 Å². The van der Waals surface area contributed by atoms with Gasteiger partial charge in [-0.2, -0.15) is 0 Å². The van der Waals surface area contributed by atoms with Crippen molar-refractivity contribution in [2.24, 2.45) is 0 Å². The lowest BCUT2D eigenvalue weighted by molar-refractivity contribution is -0.167. The second-order valence-corrected chi connectivity index (χ2v) is 18.8. The van der Waals surface area contributed by atoms with E-state index in [0.717, 1.165) is 116 Å². The second kappa shape index (κ2) is 58.4. The van der Waals surface area contributed by atoms with Gasteiger partial charge in [0.15, 0.2) is 6.10 Å². The number of carbonyl (C=O) groups is 3. The molecule has 6 heteroatoms. The molecule has 0 aliphatic rings. The molecule has 402 valence electrons. The van der Waals surface area contributed by atoms with E-state index in [1.54, 1.807) is 0 Å². The van der Waals surface area contributed by atoms with Gasteiger partial charge in [-0.05, 0) is 109 Å². The molecule has 0 aromatic heterocycles. The Hall–Kier alpha value is -4.19. The van der Waals surface area contributed by atoms with E-state index in [-0.39, 0.29) is 37.5 Å². The highest BCUT2D eigenvalue weighted by Gasteiger charge is 2.19. The lowest BCUT2D eigenvalue weighted by Crippen LogP contribution is -2.30. The van der Waals surface area contributed by atoms with E-state index in [9.17, 15) is 14.4 Å². The number of ether oxygens (including phenoxy) is 3. The SMILES string of the molecule is CC/C=C\C/C=C\C/C=C\C/C=C\C/C=C\C/C=C\CCCCC(=O)OC(COC(=O)CCCCCCCCCCC)COC(=O)CCCCCCCCCCCC/C=C\C/C=C\C/C=C\C/C=C\CC. The highest BCUT2D eigenvalue weighted by atomic mass is 16.6. The Morgan fingerprint density at radius 1 is 0.296 bits per heavy atom. The van der Waals surface area contributed by atoms with Crippen molar-refractivity contribution in [2.45, 2.75) is 258 Å². The van der Waals surface area contributed by atoms with Crippen LogP contribution in [0.5, 0.6) is 0 Å². The van der Waals surface area contributed by atoms with Gasteiger partial charge in [-0.15, -0.1) is 0 Å². The summed E-state index contributed by atoms with van der Waals surface area (Å²) in [7, 11) is 0. The van der Waals surface area contributed by atoms with Crippen molar-refractivity contribution >= 4 is 17.9 Å². The normalized spacial score (nSPS) is 13.0. The number of esters is 3. The van der Waals surface area contributed by atoms with Crippen molar-refractivity contribution in [3.8, 4) is 0 Å². The van der Waals surface area contributed by atoms with E-state index in [2.05, 4.69) is 142 Å². The smallest absolute Gasteiger partial charge is 0.306 e. The fraction of sp³-hybridized carbons (Fsp3) is 0.646. The average Bonchev–Trinajstić information content (AvgIpc) is 3.37. The number of hydrogen-bond donors (Lipinski definition) is 0. The second-order valence-electron chi connectivity index (χ2n) is 18.8. The summed E-state index contributed by atoms with van der Waals surface area (Å²) in [5.74, 6) is -0.950. The molecule has 0 fully saturated rings. The topological polar surface area (TPSA) is 78.9 Å². The van der Waals surface area contributed by atoms with Crippen molar-refractivity contribution in [2.75, 3.05) is 13.2 Å². The van der Waals surface area contributed by atoms with Crippen LogP contribution in [-0.2, 0) is 28.6 Å². The molecule has 0 aliphatic heterocycles. The molecular weight excluding hydrogens is 877 g/mol. The summed E-state index contributed by atoms with van der Waals surface area (Å²) in [6.45, 7) is 6.35. The zero-order chi connectivity index (χ0) is 51.4. The molecule has 0 heterocycles. The summed E-state index contributed by atoms with van der Waals surface area (Å²) in [4.78, 5) is 38.1. The molecule has 0 aromatic carbocycles. The quantitative estimate of drug-likeness (QED) is 0.0261. The number of carbonyl (C=O) groups excluding carboxylic acids is 3. The van der Waals surface area contributed by atoms with Gasteiger partial charge in [-0.3, -0.25) is 14.4 Å². The molecule has 0 N–H and O–H groups in total. The highest BCUT2D eigenvalue weighted by molar-refractivity contribution is 5.71. The van der Waals surface area contributed by atoms with Gasteiger partial charge in [-0.1, -0.05) is 245 Å². The maximum atomic E-state index is 12.8. The van der Waals surface area contributed by atoms with Crippen molar-refractivity contribution in [1.29, 1.82) is 0 Å². The van der Waals surface area contributed by atoms with Gasteiger partial charge in [0.2, 0.25) is 0 Å². The Kier molecular flexibility index (Phi) is 54.9. The van der Waals surface area contributed by atoms with Crippen LogP contribution in [0.25, 0.3) is 0 Å². The van der Waals surface area contributed by atoms with Crippen LogP contribution in [0.15, 0.2) is 122 Å². The third kappa shape index (κ3) is 56.6. The number of rotatable bonds is 51. The molecular formula is C65H106O6. The minimum atomic E-state index is -0.804. The first kappa shape index (κ1) is 66.8. The first-order chi connectivity index (χ1) is 35.0. The summed E-state index contributed by atoms with van der Waals surface area (Å²) in [6.07, 6.45) is 80.6. The predicted octanol–water partition coefficient (Wildman–Crippen LogP) is 19.6. The van der Waals surface area contributed by atoms with Gasteiger partial charge in [0.1, 0.15) is 13.2 Å². The first-order valence-corrected chi connectivity index (χ1v) is 29.0. The monoisotopic (exact) mass is 983 g/mol. The number of hydrogen-bond acceptors (Lipinski definition) is 6. The van der Waals surface area contributed by atoms with Gasteiger partial charge in [-0.25, -0.2) is 0 Å². The van der Waals surface area contributed by atoms with Gasteiger partial charge in [0.25, 0.3) is 0 Å². The largest absolute Gasteiger partial charge is 0.462 e. The molecule has 0 aliphatic carbocycles. The Morgan fingerprint density at radius 2 is 0.549 bits per heavy atom. The Morgan fingerprint density at radius 3 is 0.887 bits per heavy atom. The predicted molar refractivity (Wildman–Crippen MR) is 306 cm³/mol. The van der Waals surface area contributed by atoms with Crippen molar-refractivity contribution < 1.29 is 28.6 Å². The van der Waals surface area contributed by atoms with Crippen LogP contribution < -0.4 is 0 Å². The van der Waals surface area contributed by atoms with Crippen molar-refractivity contribution in [3.63, 3.8) is 0 Å². The van der Waals surface area contributed by atoms with Crippen LogP contribution in [0.2, 0.25) is 0 Å². The van der Waals surface area contributed by atoms with Crippen LogP contribution in [0.1, 0.15) is 252 Å². The zero-order valence-electron chi connectivity index (χ0n) is 45.9. The third-order valence-corrected chi connectivity index (χ3v) is 12.0. The van der Waals surface area contributed by atoms with Crippen LogP contribution in [-0.4, -0.2) is 37.2 Å². The molecule has 0 aromatic rings. The maximum Gasteiger partial charge on any atom is 0.306 e. The molecule has 1 unspecified atom stereocenters. The Balaban J connectivity index is 4.36. The van der Waals surface area contributed by atoms with E-state index in [1.807, 2.05) is 0 Å². The summed E-state index contributed by atoms with van der Waals surface area (Å²) in [5, 5.41) is 0. The molecule has 0 bridgehead atoms. The molecule has 0 amide bonds. The maximum absolute atomic E-state index is 12.8. The van der Waals surface area contributed by atoms with Crippen LogP contribution in [0.4, 0.5) is 0 Å². The number of unbranched alkanes of at least 4 members (excludes halogenated alkanes) is 20. The van der Waals surface area contributed by atoms with E-state index in [0.29, 0.717) is 19.3 Å². The Labute approximate surface area is 437 Å². The standard InChI is InChI=1S/C65H106O6/c1-4-7-10-13-16-19-21-23-25-27-29-31-32-34-35-37-39-41-43-46-49-52-55-58-64(67)70-61-62(60-69-63(66)57-54-51-48-45-18-15-12-9-6-3)71-65(68)59-56-53-50-47-44-42-40-38-36-33-30-28-26-24-22-20-17-14-11-8-5-2/h7-8,10-11,16-17,19-20,23-26,29-31,33,38,40,44,47,62H,4-6,9,12-15,18,21-22,27-28,32,34-37,39,41-43,45-46,48-61H2,1-3H3/b10-7-,11-8-,19-16-,20-17-,25-23-,26-24-,31-29-,33-30-,40-38-,47-44-. The van der Waals surface area contributed by atoms with Crippen LogP contribution in [0, 0.1) is 0 Å². The molecule has 0 spiro atoms. The summed E-state index contributed by atoms with van der Waals surface area (Å²) >= 11 is 0. The van der Waals surface area contributed by atoms with Gasteiger partial charge in [0.05, 0.1) is 0 Å². The average molecular weight is 984 g/mol. The fourth-order valence-electron chi connectivity index (χ4n) is 7.67. The molecule has 0 saturated heterocycles. The summed E-state index contributed by atoms with van der Waals surface area (Å²) < 4.78 is 16.8. The molecule has 0 radical (unpaired) electrons. The third-order valence-electron chi connectivity index (χ3n) is 12.0. The Bertz CT molecular complexity index is 1500. The molecule has 1 atom stereocenters.